The first-order valence-corrected chi connectivity index (χ1v) is 10.3. The maximum Gasteiger partial charge on any atom is 0.340 e. The highest BCUT2D eigenvalue weighted by Crippen LogP contribution is 2.57. The van der Waals surface area contributed by atoms with Crippen molar-refractivity contribution in [3.63, 3.8) is 0 Å². The molecule has 10 heteroatoms. The summed E-state index contributed by atoms with van der Waals surface area (Å²) in [6.45, 7) is 0. The normalized spacial score (nSPS) is 19.0. The molecule has 0 radical (unpaired) electrons. The van der Waals surface area contributed by atoms with Crippen LogP contribution in [-0.2, 0) is 10.3 Å². The molecule has 0 aromatic heterocycles. The minimum Gasteiger partial charge on any atom is -0.508 e. The number of carboxylic acids is 1. The zero-order valence-electron chi connectivity index (χ0n) is 15.6. The molecule has 2 heterocycles. The average molecular weight is 439 g/mol. The molecular formula is C21H14NO8P. The number of phenols is 1. The number of carbonyl (C=O) groups excluding carboxylic acids is 1. The molecule has 31 heavy (non-hydrogen) atoms. The monoisotopic (exact) mass is 439 g/mol. The predicted molar refractivity (Wildman–Crippen MR) is 107 cm³/mol. The Labute approximate surface area is 176 Å². The van der Waals surface area contributed by atoms with Gasteiger partial charge in [0.2, 0.25) is 0 Å². The molecule has 2 atom stereocenters. The molecule has 0 amide bonds. The maximum absolute atomic E-state index is 12.8. The second kappa shape index (κ2) is 6.68. The van der Waals surface area contributed by atoms with Gasteiger partial charge in [-0.25, -0.2) is 9.59 Å². The minimum absolute atomic E-state index is 0.0150. The zero-order valence-corrected chi connectivity index (χ0v) is 16.5. The van der Waals surface area contributed by atoms with Crippen LogP contribution in [0.15, 0.2) is 54.6 Å². The lowest BCUT2D eigenvalue weighted by Gasteiger charge is -2.36. The van der Waals surface area contributed by atoms with Crippen molar-refractivity contribution in [3.05, 3.63) is 82.4 Å². The highest BCUT2D eigenvalue weighted by Gasteiger charge is 2.54. The Morgan fingerprint density at radius 1 is 1.00 bits per heavy atom. The minimum atomic E-state index is -2.17. The average Bonchev–Trinajstić information content (AvgIpc) is 3.00. The number of rotatable bonds is 3. The Bertz CT molecular complexity index is 1270. The molecule has 5 rings (SSSR count). The van der Waals surface area contributed by atoms with Crippen LogP contribution in [0.2, 0.25) is 0 Å². The maximum atomic E-state index is 12.8. The number of nitrogens with two attached hydrogens (primary N) is 1. The van der Waals surface area contributed by atoms with Gasteiger partial charge in [-0.2, -0.15) is 0 Å². The number of carbonyl (C=O) groups is 2. The molecule has 0 aliphatic carbocycles. The fraction of sp³-hybridized carbons (Fsp3) is 0.0476. The van der Waals surface area contributed by atoms with E-state index in [1.54, 1.807) is 12.1 Å². The Kier molecular flexibility index (Phi) is 4.16. The lowest BCUT2D eigenvalue weighted by Crippen LogP contribution is -2.33. The second-order valence-corrected chi connectivity index (χ2v) is 7.76. The van der Waals surface area contributed by atoms with Crippen molar-refractivity contribution in [3.8, 4) is 23.0 Å². The summed E-state index contributed by atoms with van der Waals surface area (Å²) in [6.07, 6.45) is 0. The highest BCUT2D eigenvalue weighted by atomic mass is 31.2. The van der Waals surface area contributed by atoms with Crippen LogP contribution in [0, 0.1) is 0 Å². The third-order valence-electron chi connectivity index (χ3n) is 5.21. The molecule has 0 fully saturated rings. The largest absolute Gasteiger partial charge is 0.508 e. The van der Waals surface area contributed by atoms with Gasteiger partial charge < -0.3 is 29.1 Å². The topological polar surface area (TPSA) is 149 Å². The first kappa shape index (κ1) is 19.3. The number of aromatic carboxylic acids is 1. The Balaban J connectivity index is 1.82. The van der Waals surface area contributed by atoms with E-state index < -0.39 is 26.1 Å². The van der Waals surface area contributed by atoms with E-state index in [-0.39, 0.29) is 34.1 Å². The third kappa shape index (κ3) is 2.83. The summed E-state index contributed by atoms with van der Waals surface area (Å²) >= 11 is 0. The van der Waals surface area contributed by atoms with Crippen LogP contribution < -0.4 is 14.8 Å². The molecule has 0 saturated heterocycles. The molecule has 1 spiro atoms. The van der Waals surface area contributed by atoms with Crippen molar-refractivity contribution in [2.75, 3.05) is 0 Å². The van der Waals surface area contributed by atoms with Crippen LogP contribution in [0.3, 0.4) is 0 Å². The summed E-state index contributed by atoms with van der Waals surface area (Å²) in [5.41, 5.74) is 5.23. The second-order valence-electron chi connectivity index (χ2n) is 6.97. The number of carboxylic acid groups (broad SMARTS) is 1. The van der Waals surface area contributed by atoms with Crippen molar-refractivity contribution >= 4 is 20.5 Å². The number of phenolic OH excluding ortho intramolecular Hbond substituents is 1. The fourth-order valence-electron chi connectivity index (χ4n) is 3.99. The van der Waals surface area contributed by atoms with E-state index in [1.165, 1.54) is 42.5 Å². The molecule has 2 aliphatic rings. The lowest BCUT2D eigenvalue weighted by atomic mass is 9.77. The smallest absolute Gasteiger partial charge is 0.340 e. The first-order valence-electron chi connectivity index (χ1n) is 8.98. The van der Waals surface area contributed by atoms with Gasteiger partial charge >= 0.3 is 20.5 Å². The molecule has 5 N–H and O–H groups in total. The number of ether oxygens (including phenoxy) is 2. The van der Waals surface area contributed by atoms with Gasteiger partial charge in [0, 0.05) is 28.8 Å². The molecule has 156 valence electrons. The van der Waals surface area contributed by atoms with Gasteiger partial charge in [0.15, 0.2) is 5.60 Å². The van der Waals surface area contributed by atoms with Gasteiger partial charge in [0.1, 0.15) is 23.0 Å². The summed E-state index contributed by atoms with van der Waals surface area (Å²) < 4.78 is 17.0. The van der Waals surface area contributed by atoms with Crippen molar-refractivity contribution in [1.82, 2.24) is 0 Å². The fourth-order valence-corrected chi connectivity index (χ4v) is 4.32. The van der Waals surface area contributed by atoms with Gasteiger partial charge in [-0.3, -0.25) is 5.50 Å². The lowest BCUT2D eigenvalue weighted by molar-refractivity contribution is 0.0224. The van der Waals surface area contributed by atoms with Gasteiger partial charge in [-0.15, -0.1) is 0 Å². The number of benzene rings is 3. The standard InChI is InChI=1S/C21H14NO8P/c22-31(27)30-12-3-6-15-18(9-12)28-17-8-11(23)2-5-14(17)21(15)16-7-10(19(24)25)1-4-13(16)20(26)29-21/h1-9,23,27H,22H2,(H,24,25). The van der Waals surface area contributed by atoms with Crippen LogP contribution in [0.4, 0.5) is 0 Å². The molecule has 3 aromatic rings. The summed E-state index contributed by atoms with van der Waals surface area (Å²) in [5, 5.41) is 19.5. The van der Waals surface area contributed by atoms with Crippen molar-refractivity contribution in [2.45, 2.75) is 5.60 Å². The molecule has 0 saturated carbocycles. The number of hydrogen-bond acceptors (Lipinski definition) is 8. The number of hydrogen-bond donors (Lipinski definition) is 4. The van der Waals surface area contributed by atoms with E-state index >= 15 is 0 Å². The zero-order chi connectivity index (χ0) is 21.9. The molecule has 0 bridgehead atoms. The van der Waals surface area contributed by atoms with Gasteiger partial charge in [0.25, 0.3) is 0 Å². The number of esters is 1. The molecule has 3 aromatic carbocycles. The van der Waals surface area contributed by atoms with E-state index in [0.29, 0.717) is 16.7 Å². The van der Waals surface area contributed by atoms with Crippen molar-refractivity contribution in [2.24, 2.45) is 5.50 Å². The van der Waals surface area contributed by atoms with Gasteiger partial charge in [0.05, 0.1) is 11.1 Å². The van der Waals surface area contributed by atoms with Crippen LogP contribution >= 0.6 is 8.53 Å². The summed E-state index contributed by atoms with van der Waals surface area (Å²) in [7, 11) is -2.17. The molecule has 2 unspecified atom stereocenters. The summed E-state index contributed by atoms with van der Waals surface area (Å²) in [4.78, 5) is 33.8. The van der Waals surface area contributed by atoms with E-state index in [0.717, 1.165) is 0 Å². The summed E-state index contributed by atoms with van der Waals surface area (Å²) in [5.74, 6) is -1.19. The number of fused-ring (bicyclic) bond motifs is 6. The van der Waals surface area contributed by atoms with Gasteiger partial charge in [-0.1, -0.05) is 0 Å². The van der Waals surface area contributed by atoms with Crippen molar-refractivity contribution in [1.29, 1.82) is 0 Å². The van der Waals surface area contributed by atoms with Crippen LogP contribution in [0.25, 0.3) is 0 Å². The predicted octanol–water partition coefficient (Wildman–Crippen LogP) is 3.22. The van der Waals surface area contributed by atoms with Crippen LogP contribution in [0.1, 0.15) is 37.4 Å². The van der Waals surface area contributed by atoms with E-state index in [1.807, 2.05) is 0 Å². The Morgan fingerprint density at radius 3 is 2.42 bits per heavy atom. The van der Waals surface area contributed by atoms with Crippen molar-refractivity contribution < 1.29 is 38.7 Å². The third-order valence-corrected chi connectivity index (χ3v) is 5.61. The van der Waals surface area contributed by atoms with E-state index in [2.05, 4.69) is 0 Å². The van der Waals surface area contributed by atoms with E-state index in [9.17, 15) is 24.7 Å². The quantitative estimate of drug-likeness (QED) is 0.356. The Hall–Kier alpha value is -3.65. The molecule has 2 aliphatic heterocycles. The Morgan fingerprint density at radius 2 is 1.71 bits per heavy atom. The number of aromatic hydroxyl groups is 1. The molecular weight excluding hydrogens is 425 g/mol. The first-order chi connectivity index (χ1) is 14.8. The van der Waals surface area contributed by atoms with E-state index in [4.69, 9.17) is 19.5 Å². The molecule has 9 nitrogen and oxygen atoms in total. The van der Waals surface area contributed by atoms with Crippen LogP contribution in [-0.4, -0.2) is 27.0 Å². The summed E-state index contributed by atoms with van der Waals surface area (Å²) in [6, 6.07) is 13.1. The highest BCUT2D eigenvalue weighted by molar-refractivity contribution is 7.43. The SMILES string of the molecule is NP(O)Oc1ccc2c(c1)Oc1cc(O)ccc1C21OC(=O)c2ccc(C(=O)O)cc21. The van der Waals surface area contributed by atoms with Crippen LogP contribution in [0.5, 0.6) is 23.0 Å². The van der Waals surface area contributed by atoms with Gasteiger partial charge in [-0.05, 0) is 42.5 Å².